The molecule has 2 aromatic rings. The molecule has 6 heteroatoms. The highest BCUT2D eigenvalue weighted by molar-refractivity contribution is 9.10. The van der Waals surface area contributed by atoms with Crippen LogP contribution in [0.5, 0.6) is 0 Å². The molecule has 0 atom stereocenters. The molecule has 0 radical (unpaired) electrons. The van der Waals surface area contributed by atoms with E-state index in [2.05, 4.69) is 43.4 Å². The molecule has 2 aromatic heterocycles. The summed E-state index contributed by atoms with van der Waals surface area (Å²) in [4.78, 5) is 4.33. The van der Waals surface area contributed by atoms with Gasteiger partial charge in [-0.25, -0.2) is 4.98 Å². The van der Waals surface area contributed by atoms with E-state index in [1.165, 1.54) is 0 Å². The summed E-state index contributed by atoms with van der Waals surface area (Å²) < 4.78 is 0.846. The highest BCUT2D eigenvalue weighted by Crippen LogP contribution is 2.16. The van der Waals surface area contributed by atoms with Crippen LogP contribution in [0.1, 0.15) is 17.6 Å². The molecule has 0 amide bonds. The lowest BCUT2D eigenvalue weighted by molar-refractivity contribution is 0.965. The van der Waals surface area contributed by atoms with Crippen LogP contribution < -0.4 is 5.32 Å². The number of aryl methyl sites for hydroxylation is 1. The first-order valence-corrected chi connectivity index (χ1v) is 6.56. The number of halogens is 1. The number of rotatable bonds is 4. The fourth-order valence-corrected chi connectivity index (χ4v) is 2.24. The van der Waals surface area contributed by atoms with Gasteiger partial charge in [0.2, 0.25) is 5.13 Å². The summed E-state index contributed by atoms with van der Waals surface area (Å²) in [6.45, 7) is 2.73. The molecule has 0 saturated carbocycles. The molecule has 0 fully saturated rings. The van der Waals surface area contributed by atoms with Crippen LogP contribution in [-0.2, 0) is 13.0 Å². The predicted octanol–water partition coefficient (Wildman–Crippen LogP) is 2.87. The zero-order chi connectivity index (χ0) is 11.4. The Bertz CT molecular complexity index is 471. The van der Waals surface area contributed by atoms with E-state index in [0.717, 1.165) is 26.9 Å². The molecule has 0 aromatic carbocycles. The van der Waals surface area contributed by atoms with Crippen molar-refractivity contribution in [3.63, 3.8) is 0 Å². The number of aromatic nitrogens is 3. The Morgan fingerprint density at radius 2 is 2.25 bits per heavy atom. The van der Waals surface area contributed by atoms with Gasteiger partial charge in [0.15, 0.2) is 0 Å². The fourth-order valence-electron chi connectivity index (χ4n) is 1.18. The summed E-state index contributed by atoms with van der Waals surface area (Å²) in [7, 11) is 0. The lowest BCUT2D eigenvalue weighted by Crippen LogP contribution is -2.01. The van der Waals surface area contributed by atoms with Crippen molar-refractivity contribution in [1.82, 2.24) is 15.2 Å². The molecule has 84 valence electrons. The molecule has 0 spiro atoms. The third-order valence-corrected chi connectivity index (χ3v) is 3.43. The summed E-state index contributed by atoms with van der Waals surface area (Å²) in [6, 6.07) is 5.84. The van der Waals surface area contributed by atoms with Crippen LogP contribution in [0.25, 0.3) is 0 Å². The minimum atomic E-state index is 0.664. The van der Waals surface area contributed by atoms with Crippen molar-refractivity contribution in [2.75, 3.05) is 5.32 Å². The maximum Gasteiger partial charge on any atom is 0.205 e. The van der Waals surface area contributed by atoms with Crippen molar-refractivity contribution in [1.29, 1.82) is 0 Å². The van der Waals surface area contributed by atoms with E-state index in [-0.39, 0.29) is 0 Å². The van der Waals surface area contributed by atoms with E-state index in [9.17, 15) is 0 Å². The van der Waals surface area contributed by atoms with Gasteiger partial charge in [-0.3, -0.25) is 0 Å². The van der Waals surface area contributed by atoms with Crippen LogP contribution >= 0.6 is 27.3 Å². The second kappa shape index (κ2) is 5.36. The number of hydrogen-bond acceptors (Lipinski definition) is 5. The quantitative estimate of drug-likeness (QED) is 0.882. The Balaban J connectivity index is 1.96. The number of nitrogens with one attached hydrogen (secondary N) is 1. The Morgan fingerprint density at radius 1 is 1.38 bits per heavy atom. The van der Waals surface area contributed by atoms with Gasteiger partial charge in [0.25, 0.3) is 0 Å². The van der Waals surface area contributed by atoms with Gasteiger partial charge in [-0.05, 0) is 34.5 Å². The van der Waals surface area contributed by atoms with E-state index in [1.807, 2.05) is 18.2 Å². The molecule has 0 aliphatic rings. The number of hydrogen-bond donors (Lipinski definition) is 1. The summed E-state index contributed by atoms with van der Waals surface area (Å²) in [5, 5.41) is 13.2. The zero-order valence-electron chi connectivity index (χ0n) is 8.77. The van der Waals surface area contributed by atoms with Crippen molar-refractivity contribution >= 4 is 32.4 Å². The van der Waals surface area contributed by atoms with Gasteiger partial charge < -0.3 is 5.32 Å². The van der Waals surface area contributed by atoms with Crippen LogP contribution in [0.3, 0.4) is 0 Å². The molecule has 0 aliphatic heterocycles. The lowest BCUT2D eigenvalue weighted by atomic mass is 10.3. The van der Waals surface area contributed by atoms with Gasteiger partial charge in [0.1, 0.15) is 9.61 Å². The minimum absolute atomic E-state index is 0.664. The summed E-state index contributed by atoms with van der Waals surface area (Å²) in [5.41, 5.74) is 0.975. The van der Waals surface area contributed by atoms with E-state index >= 15 is 0 Å². The molecule has 4 nitrogen and oxygen atoms in total. The summed E-state index contributed by atoms with van der Waals surface area (Å²) >= 11 is 4.92. The molecule has 0 aliphatic carbocycles. The predicted molar refractivity (Wildman–Crippen MR) is 68.6 cm³/mol. The minimum Gasteiger partial charge on any atom is -0.354 e. The zero-order valence-corrected chi connectivity index (χ0v) is 11.2. The standard InChI is InChI=1S/C10H11BrN4S/c1-2-9-14-15-10(16-9)12-6-7-4-3-5-8(11)13-7/h3-5H,2,6H2,1H3,(H,12,15). The van der Waals surface area contributed by atoms with Gasteiger partial charge in [-0.15, -0.1) is 10.2 Å². The molecule has 0 saturated heterocycles. The topological polar surface area (TPSA) is 50.7 Å². The van der Waals surface area contributed by atoms with E-state index in [0.29, 0.717) is 6.54 Å². The third-order valence-electron chi connectivity index (χ3n) is 1.96. The fraction of sp³-hybridized carbons (Fsp3) is 0.300. The Labute approximate surface area is 106 Å². The van der Waals surface area contributed by atoms with Crippen LogP contribution in [-0.4, -0.2) is 15.2 Å². The Morgan fingerprint density at radius 3 is 2.94 bits per heavy atom. The van der Waals surface area contributed by atoms with Gasteiger partial charge in [0.05, 0.1) is 12.2 Å². The maximum atomic E-state index is 4.33. The highest BCUT2D eigenvalue weighted by Gasteiger charge is 2.02. The molecular formula is C10H11BrN4S. The maximum absolute atomic E-state index is 4.33. The smallest absolute Gasteiger partial charge is 0.205 e. The number of nitrogens with zero attached hydrogens (tertiary/aromatic N) is 3. The van der Waals surface area contributed by atoms with E-state index in [1.54, 1.807) is 11.3 Å². The average Bonchev–Trinajstić information content (AvgIpc) is 2.74. The molecule has 1 N–H and O–H groups in total. The van der Waals surface area contributed by atoms with Crippen LogP contribution in [0.2, 0.25) is 0 Å². The monoisotopic (exact) mass is 298 g/mol. The van der Waals surface area contributed by atoms with Crippen LogP contribution in [0.15, 0.2) is 22.8 Å². The van der Waals surface area contributed by atoms with Crippen LogP contribution in [0.4, 0.5) is 5.13 Å². The summed E-state index contributed by atoms with van der Waals surface area (Å²) in [6.07, 6.45) is 0.925. The second-order valence-corrected chi connectivity index (χ2v) is 5.03. The van der Waals surface area contributed by atoms with Crippen molar-refractivity contribution in [3.8, 4) is 0 Å². The molecule has 0 bridgehead atoms. The molecule has 2 rings (SSSR count). The molecule has 0 unspecified atom stereocenters. The first-order chi connectivity index (χ1) is 7.78. The third kappa shape index (κ3) is 2.99. The van der Waals surface area contributed by atoms with Crippen molar-refractivity contribution in [3.05, 3.63) is 33.5 Å². The molecular weight excluding hydrogens is 288 g/mol. The van der Waals surface area contributed by atoms with E-state index < -0.39 is 0 Å². The summed E-state index contributed by atoms with van der Waals surface area (Å²) in [5.74, 6) is 0. The van der Waals surface area contributed by atoms with Crippen LogP contribution in [0, 0.1) is 0 Å². The Hall–Kier alpha value is -1.01. The van der Waals surface area contributed by atoms with Gasteiger partial charge in [0, 0.05) is 0 Å². The largest absolute Gasteiger partial charge is 0.354 e. The van der Waals surface area contributed by atoms with Crippen molar-refractivity contribution in [2.45, 2.75) is 19.9 Å². The van der Waals surface area contributed by atoms with E-state index in [4.69, 9.17) is 0 Å². The molecule has 2 heterocycles. The average molecular weight is 299 g/mol. The Kier molecular flexibility index (Phi) is 3.84. The SMILES string of the molecule is CCc1nnc(NCc2cccc(Br)n2)s1. The normalized spacial score (nSPS) is 10.4. The van der Waals surface area contributed by atoms with Gasteiger partial charge in [-0.2, -0.15) is 0 Å². The van der Waals surface area contributed by atoms with Crippen molar-refractivity contribution < 1.29 is 0 Å². The van der Waals surface area contributed by atoms with Crippen molar-refractivity contribution in [2.24, 2.45) is 0 Å². The first kappa shape index (κ1) is 11.5. The molecule has 16 heavy (non-hydrogen) atoms. The lowest BCUT2D eigenvalue weighted by Gasteiger charge is -2.01. The second-order valence-electron chi connectivity index (χ2n) is 3.16. The first-order valence-electron chi connectivity index (χ1n) is 4.95. The highest BCUT2D eigenvalue weighted by atomic mass is 79.9. The van der Waals surface area contributed by atoms with Gasteiger partial charge in [-0.1, -0.05) is 24.3 Å². The number of pyridine rings is 1. The number of anilines is 1. The van der Waals surface area contributed by atoms with Gasteiger partial charge >= 0.3 is 0 Å².